The van der Waals surface area contributed by atoms with Crippen LogP contribution in [0.2, 0.25) is 0 Å². The summed E-state index contributed by atoms with van der Waals surface area (Å²) in [5.74, 6) is 2.01. The molecule has 1 amide bonds. The van der Waals surface area contributed by atoms with Gasteiger partial charge in [-0.2, -0.15) is 0 Å². The molecule has 1 fully saturated rings. The van der Waals surface area contributed by atoms with Crippen LogP contribution < -0.4 is 4.90 Å². The van der Waals surface area contributed by atoms with Crippen molar-refractivity contribution < 1.29 is 13.6 Å². The van der Waals surface area contributed by atoms with Crippen LogP contribution in [-0.2, 0) is 4.79 Å². The van der Waals surface area contributed by atoms with Crippen molar-refractivity contribution in [3.63, 3.8) is 0 Å². The molecule has 1 unspecified atom stereocenters. The molecule has 0 N–H and O–H groups in total. The Morgan fingerprint density at radius 3 is 3.00 bits per heavy atom. The molecule has 0 spiro atoms. The lowest BCUT2D eigenvalue weighted by Gasteiger charge is -2.08. The van der Waals surface area contributed by atoms with E-state index in [-0.39, 0.29) is 30.2 Å². The van der Waals surface area contributed by atoms with Gasteiger partial charge < -0.3 is 4.42 Å². The van der Waals surface area contributed by atoms with Crippen LogP contribution in [0, 0.1) is 24.1 Å². The number of rotatable bonds is 2. The number of hydrogen-bond donors (Lipinski definition) is 0. The molecule has 1 aliphatic heterocycles. The first kappa shape index (κ1) is 12.4. The third-order valence-corrected chi connectivity index (χ3v) is 3.08. The van der Waals surface area contributed by atoms with Crippen molar-refractivity contribution in [1.29, 1.82) is 0 Å². The summed E-state index contributed by atoms with van der Waals surface area (Å²) in [6, 6.07) is 5.89. The molecule has 1 aliphatic rings. The summed E-state index contributed by atoms with van der Waals surface area (Å²) in [6.45, 7) is 0.361. The Balaban J connectivity index is 1.88. The number of carbonyl (C=O) groups excluding carboxylic acids is 1. The maximum atomic E-state index is 13.1. The molecule has 0 aliphatic carbocycles. The minimum atomic E-state index is -0.396. The predicted molar refractivity (Wildman–Crippen MR) is 69.0 cm³/mol. The van der Waals surface area contributed by atoms with Crippen molar-refractivity contribution in [2.24, 2.45) is 5.92 Å². The molecule has 2 aromatic rings. The molecule has 100 valence electrons. The highest BCUT2D eigenvalue weighted by Gasteiger charge is 2.32. The number of carbonyl (C=O) groups is 1. The molecular formula is C14H10FN3O2. The van der Waals surface area contributed by atoms with Gasteiger partial charge in [0.15, 0.2) is 0 Å². The highest BCUT2D eigenvalue weighted by molar-refractivity contribution is 5.94. The zero-order valence-corrected chi connectivity index (χ0v) is 10.4. The summed E-state index contributed by atoms with van der Waals surface area (Å²) in [5, 5.41) is 7.65. The van der Waals surface area contributed by atoms with Gasteiger partial charge in [0.05, 0.1) is 0 Å². The fourth-order valence-electron chi connectivity index (χ4n) is 2.07. The lowest BCUT2D eigenvalue weighted by Crippen LogP contribution is -2.24. The van der Waals surface area contributed by atoms with Crippen molar-refractivity contribution in [1.82, 2.24) is 10.2 Å². The maximum Gasteiger partial charge on any atom is 0.325 e. The Hall–Kier alpha value is -2.68. The van der Waals surface area contributed by atoms with Crippen molar-refractivity contribution in [3.8, 4) is 23.8 Å². The van der Waals surface area contributed by atoms with E-state index >= 15 is 0 Å². The zero-order chi connectivity index (χ0) is 14.1. The first-order valence-corrected chi connectivity index (χ1v) is 6.03. The summed E-state index contributed by atoms with van der Waals surface area (Å²) in [5.41, 5.74) is 0.462. The summed E-state index contributed by atoms with van der Waals surface area (Å²) in [7, 11) is 0. The van der Waals surface area contributed by atoms with Gasteiger partial charge in [-0.3, -0.25) is 9.69 Å². The molecule has 1 atom stereocenters. The number of anilines is 1. The normalized spacial score (nSPS) is 18.3. The second kappa shape index (κ2) is 4.78. The number of amides is 1. The second-order valence-electron chi connectivity index (χ2n) is 4.47. The van der Waals surface area contributed by atoms with E-state index in [4.69, 9.17) is 10.8 Å². The second-order valence-corrected chi connectivity index (χ2v) is 4.47. The number of nitrogens with zero attached hydrogens (tertiary/aromatic N) is 3. The predicted octanol–water partition coefficient (Wildman–Crippen LogP) is 1.86. The van der Waals surface area contributed by atoms with Crippen LogP contribution in [0.4, 0.5) is 10.4 Å². The van der Waals surface area contributed by atoms with Gasteiger partial charge in [0.25, 0.3) is 0 Å². The summed E-state index contributed by atoms with van der Waals surface area (Å²) < 4.78 is 18.6. The minimum absolute atomic E-state index is 0.0898. The average Bonchev–Trinajstić information content (AvgIpc) is 3.05. The fraction of sp³-hybridized carbons (Fsp3) is 0.214. The molecule has 5 nitrogen and oxygen atoms in total. The number of benzene rings is 1. The fourth-order valence-corrected chi connectivity index (χ4v) is 2.07. The van der Waals surface area contributed by atoms with Crippen LogP contribution in [0.1, 0.15) is 6.42 Å². The summed E-state index contributed by atoms with van der Waals surface area (Å²) >= 11 is 0. The van der Waals surface area contributed by atoms with Gasteiger partial charge in [-0.25, -0.2) is 4.39 Å². The van der Waals surface area contributed by atoms with Crippen LogP contribution >= 0.6 is 0 Å². The molecule has 0 saturated carbocycles. The molecule has 2 heterocycles. The van der Waals surface area contributed by atoms with E-state index in [9.17, 15) is 9.18 Å². The Morgan fingerprint density at radius 2 is 2.30 bits per heavy atom. The highest BCUT2D eigenvalue weighted by atomic mass is 19.1. The molecule has 6 heteroatoms. The lowest BCUT2D eigenvalue weighted by atomic mass is 10.1. The van der Waals surface area contributed by atoms with Gasteiger partial charge in [0.2, 0.25) is 11.8 Å². The van der Waals surface area contributed by atoms with Gasteiger partial charge in [-0.1, -0.05) is 11.2 Å². The standard InChI is InChI=1S/C14H10FN3O2/c1-2-9-6-12(19)18(8-9)14-17-16-13(20-14)10-4-3-5-11(15)7-10/h1,3-5,7,9H,6,8H2. The molecule has 3 rings (SSSR count). The minimum Gasteiger partial charge on any atom is -0.403 e. The lowest BCUT2D eigenvalue weighted by molar-refractivity contribution is -0.117. The van der Waals surface area contributed by atoms with Crippen LogP contribution in [0.5, 0.6) is 0 Å². The topological polar surface area (TPSA) is 59.2 Å². The first-order valence-electron chi connectivity index (χ1n) is 6.03. The van der Waals surface area contributed by atoms with Gasteiger partial charge in [-0.15, -0.1) is 17.4 Å². The third-order valence-electron chi connectivity index (χ3n) is 3.08. The molecule has 0 bridgehead atoms. The molecule has 1 saturated heterocycles. The quantitative estimate of drug-likeness (QED) is 0.782. The largest absolute Gasteiger partial charge is 0.403 e. The maximum absolute atomic E-state index is 13.1. The van der Waals surface area contributed by atoms with Gasteiger partial charge >= 0.3 is 6.01 Å². The zero-order valence-electron chi connectivity index (χ0n) is 10.4. The highest BCUT2D eigenvalue weighted by Crippen LogP contribution is 2.27. The van der Waals surface area contributed by atoms with Gasteiger partial charge in [0, 0.05) is 24.4 Å². The van der Waals surface area contributed by atoms with E-state index in [1.807, 2.05) is 0 Å². The molecule has 20 heavy (non-hydrogen) atoms. The Labute approximate surface area is 114 Å². The van der Waals surface area contributed by atoms with Gasteiger partial charge in [-0.05, 0) is 18.2 Å². The molecule has 0 radical (unpaired) electrons. The van der Waals surface area contributed by atoms with E-state index in [2.05, 4.69) is 16.1 Å². The number of hydrogen-bond acceptors (Lipinski definition) is 4. The van der Waals surface area contributed by atoms with Crippen LogP contribution in [0.15, 0.2) is 28.7 Å². The van der Waals surface area contributed by atoms with E-state index in [1.54, 1.807) is 12.1 Å². The Morgan fingerprint density at radius 1 is 1.45 bits per heavy atom. The molecule has 1 aromatic carbocycles. The number of aromatic nitrogens is 2. The number of halogens is 1. The van der Waals surface area contributed by atoms with Crippen molar-refractivity contribution >= 4 is 11.9 Å². The molecular weight excluding hydrogens is 261 g/mol. The SMILES string of the molecule is C#CC1CC(=O)N(c2nnc(-c3cccc(F)c3)o2)C1. The van der Waals surface area contributed by atoms with Crippen LogP contribution in [0.3, 0.4) is 0 Å². The Kier molecular flexibility index (Phi) is 2.95. The van der Waals surface area contributed by atoms with E-state index in [0.717, 1.165) is 0 Å². The van der Waals surface area contributed by atoms with E-state index in [0.29, 0.717) is 12.1 Å². The van der Waals surface area contributed by atoms with Crippen molar-refractivity contribution in [2.75, 3.05) is 11.4 Å². The monoisotopic (exact) mass is 271 g/mol. The number of terminal acetylenes is 1. The van der Waals surface area contributed by atoms with Crippen LogP contribution in [0.25, 0.3) is 11.5 Å². The molecule has 1 aromatic heterocycles. The summed E-state index contributed by atoms with van der Waals surface area (Å²) in [4.78, 5) is 13.1. The van der Waals surface area contributed by atoms with E-state index in [1.165, 1.54) is 17.0 Å². The van der Waals surface area contributed by atoms with Crippen molar-refractivity contribution in [3.05, 3.63) is 30.1 Å². The smallest absolute Gasteiger partial charge is 0.325 e. The van der Waals surface area contributed by atoms with Crippen LogP contribution in [-0.4, -0.2) is 22.6 Å². The Bertz CT molecular complexity index is 704. The first-order chi connectivity index (χ1) is 9.67. The van der Waals surface area contributed by atoms with Crippen molar-refractivity contribution in [2.45, 2.75) is 6.42 Å². The van der Waals surface area contributed by atoms with Gasteiger partial charge in [0.1, 0.15) is 5.82 Å². The van der Waals surface area contributed by atoms with E-state index < -0.39 is 5.82 Å². The third kappa shape index (κ3) is 2.14. The average molecular weight is 271 g/mol. The summed E-state index contributed by atoms with van der Waals surface area (Å²) in [6.07, 6.45) is 5.58.